The number of methoxy groups -OCH3 is 1. The molecule has 2 atom stereocenters. The SMILES string of the molecule is COc1ccc(CN2[C@H]3CC[C@@H]2c2cnc(C)nc2C3)cc1. The molecule has 1 aromatic heterocycles. The van der Waals surface area contributed by atoms with E-state index in [2.05, 4.69) is 27.0 Å². The second-order valence-corrected chi connectivity index (χ2v) is 6.29. The Labute approximate surface area is 131 Å². The molecule has 0 unspecified atom stereocenters. The Morgan fingerprint density at radius 3 is 2.82 bits per heavy atom. The van der Waals surface area contributed by atoms with Crippen LogP contribution < -0.4 is 4.74 Å². The van der Waals surface area contributed by atoms with Gasteiger partial charge in [0.15, 0.2) is 0 Å². The topological polar surface area (TPSA) is 38.2 Å². The summed E-state index contributed by atoms with van der Waals surface area (Å²) in [6.07, 6.45) is 5.59. The maximum atomic E-state index is 5.24. The Balaban J connectivity index is 1.59. The molecule has 1 fully saturated rings. The summed E-state index contributed by atoms with van der Waals surface area (Å²) < 4.78 is 5.24. The van der Waals surface area contributed by atoms with Gasteiger partial charge in [0, 0.05) is 36.8 Å². The molecule has 1 aromatic carbocycles. The van der Waals surface area contributed by atoms with Gasteiger partial charge < -0.3 is 4.74 Å². The van der Waals surface area contributed by atoms with Crippen LogP contribution in [0, 0.1) is 6.92 Å². The molecule has 2 aliphatic rings. The number of nitrogens with zero attached hydrogens (tertiary/aromatic N) is 3. The fraction of sp³-hybridized carbons (Fsp3) is 0.444. The molecular formula is C18H21N3O. The third-order valence-corrected chi connectivity index (χ3v) is 4.98. The summed E-state index contributed by atoms with van der Waals surface area (Å²) >= 11 is 0. The van der Waals surface area contributed by atoms with Crippen LogP contribution >= 0.6 is 0 Å². The Morgan fingerprint density at radius 2 is 2.05 bits per heavy atom. The van der Waals surface area contributed by atoms with Crippen LogP contribution in [0.5, 0.6) is 5.75 Å². The van der Waals surface area contributed by atoms with Gasteiger partial charge in [0.25, 0.3) is 0 Å². The second-order valence-electron chi connectivity index (χ2n) is 6.29. The number of rotatable bonds is 3. The van der Waals surface area contributed by atoms with E-state index < -0.39 is 0 Å². The minimum absolute atomic E-state index is 0.483. The standard InChI is InChI=1S/C18H21N3O/c1-12-19-10-16-17(20-12)9-14-5-8-18(16)21(14)11-13-3-6-15(22-2)7-4-13/h3-4,6-7,10,14,18H,5,8-9,11H2,1-2H3/t14-,18+/m0/s1. The minimum Gasteiger partial charge on any atom is -0.497 e. The zero-order valence-corrected chi connectivity index (χ0v) is 13.1. The van der Waals surface area contributed by atoms with Crippen molar-refractivity contribution in [2.24, 2.45) is 0 Å². The molecule has 2 bridgehead atoms. The van der Waals surface area contributed by atoms with Crippen molar-refractivity contribution in [1.82, 2.24) is 14.9 Å². The predicted octanol–water partition coefficient (Wildman–Crippen LogP) is 3.06. The Hall–Kier alpha value is -1.94. The molecule has 0 saturated carbocycles. The summed E-state index contributed by atoms with van der Waals surface area (Å²) in [6.45, 7) is 2.97. The van der Waals surface area contributed by atoms with E-state index in [1.54, 1.807) is 7.11 Å². The quantitative estimate of drug-likeness (QED) is 0.872. The number of ether oxygens (including phenoxy) is 1. The molecule has 2 aromatic rings. The summed E-state index contributed by atoms with van der Waals surface area (Å²) in [4.78, 5) is 11.7. The highest BCUT2D eigenvalue weighted by atomic mass is 16.5. The van der Waals surface area contributed by atoms with Gasteiger partial charge in [-0.3, -0.25) is 4.90 Å². The monoisotopic (exact) mass is 295 g/mol. The van der Waals surface area contributed by atoms with Crippen molar-refractivity contribution < 1.29 is 4.74 Å². The third kappa shape index (κ3) is 2.28. The number of aromatic nitrogens is 2. The van der Waals surface area contributed by atoms with E-state index in [-0.39, 0.29) is 0 Å². The molecular weight excluding hydrogens is 274 g/mol. The zero-order chi connectivity index (χ0) is 15.1. The maximum absolute atomic E-state index is 5.24. The van der Waals surface area contributed by atoms with Crippen LogP contribution in [0.15, 0.2) is 30.5 Å². The van der Waals surface area contributed by atoms with E-state index in [1.807, 2.05) is 25.3 Å². The second kappa shape index (κ2) is 5.36. The number of aryl methyl sites for hydroxylation is 1. The summed E-state index contributed by atoms with van der Waals surface area (Å²) in [5.41, 5.74) is 3.95. The lowest BCUT2D eigenvalue weighted by Gasteiger charge is -2.35. The smallest absolute Gasteiger partial charge is 0.125 e. The molecule has 0 radical (unpaired) electrons. The van der Waals surface area contributed by atoms with Crippen molar-refractivity contribution >= 4 is 0 Å². The molecule has 3 heterocycles. The van der Waals surface area contributed by atoms with E-state index in [0.29, 0.717) is 12.1 Å². The van der Waals surface area contributed by atoms with Crippen LogP contribution in [0.1, 0.15) is 41.5 Å². The molecule has 4 heteroatoms. The van der Waals surface area contributed by atoms with Gasteiger partial charge in [0.2, 0.25) is 0 Å². The first-order valence-electron chi connectivity index (χ1n) is 7.95. The molecule has 0 amide bonds. The zero-order valence-electron chi connectivity index (χ0n) is 13.1. The van der Waals surface area contributed by atoms with Crippen molar-refractivity contribution in [3.05, 3.63) is 53.1 Å². The Kier molecular flexibility index (Phi) is 3.34. The Morgan fingerprint density at radius 1 is 1.23 bits per heavy atom. The molecule has 22 heavy (non-hydrogen) atoms. The lowest BCUT2D eigenvalue weighted by Crippen LogP contribution is -2.37. The molecule has 2 aliphatic heterocycles. The van der Waals surface area contributed by atoms with Gasteiger partial charge in [-0.15, -0.1) is 0 Å². The first-order valence-corrected chi connectivity index (χ1v) is 7.95. The van der Waals surface area contributed by atoms with E-state index in [0.717, 1.165) is 24.5 Å². The normalized spacial score (nSPS) is 23.4. The third-order valence-electron chi connectivity index (χ3n) is 4.98. The van der Waals surface area contributed by atoms with Gasteiger partial charge in [-0.1, -0.05) is 12.1 Å². The van der Waals surface area contributed by atoms with Gasteiger partial charge in [0.05, 0.1) is 12.8 Å². The maximum Gasteiger partial charge on any atom is 0.125 e. The summed E-state index contributed by atoms with van der Waals surface area (Å²) in [6, 6.07) is 9.52. The summed E-state index contributed by atoms with van der Waals surface area (Å²) in [7, 11) is 1.71. The molecule has 1 saturated heterocycles. The number of hydrogen-bond donors (Lipinski definition) is 0. The van der Waals surface area contributed by atoms with Crippen LogP contribution in [0.4, 0.5) is 0 Å². The van der Waals surface area contributed by atoms with Crippen molar-refractivity contribution in [3.63, 3.8) is 0 Å². The van der Waals surface area contributed by atoms with Crippen molar-refractivity contribution in [1.29, 1.82) is 0 Å². The van der Waals surface area contributed by atoms with Crippen LogP contribution in [-0.4, -0.2) is 28.0 Å². The summed E-state index contributed by atoms with van der Waals surface area (Å²) in [5, 5.41) is 0. The molecule has 0 spiro atoms. The van der Waals surface area contributed by atoms with E-state index in [4.69, 9.17) is 4.74 Å². The first kappa shape index (κ1) is 13.7. The van der Waals surface area contributed by atoms with Crippen LogP contribution in [0.2, 0.25) is 0 Å². The van der Waals surface area contributed by atoms with Gasteiger partial charge in [-0.2, -0.15) is 0 Å². The van der Waals surface area contributed by atoms with Crippen LogP contribution in [0.25, 0.3) is 0 Å². The van der Waals surface area contributed by atoms with E-state index in [9.17, 15) is 0 Å². The minimum atomic E-state index is 0.483. The number of fused-ring (bicyclic) bond motifs is 4. The molecule has 0 N–H and O–H groups in total. The van der Waals surface area contributed by atoms with E-state index >= 15 is 0 Å². The largest absolute Gasteiger partial charge is 0.497 e. The molecule has 4 nitrogen and oxygen atoms in total. The molecule has 4 rings (SSSR count). The number of benzene rings is 1. The van der Waals surface area contributed by atoms with Gasteiger partial charge in [-0.25, -0.2) is 9.97 Å². The Bertz CT molecular complexity index is 683. The van der Waals surface area contributed by atoms with Gasteiger partial charge in [-0.05, 0) is 37.5 Å². The van der Waals surface area contributed by atoms with Crippen LogP contribution in [0.3, 0.4) is 0 Å². The first-order chi connectivity index (χ1) is 10.7. The van der Waals surface area contributed by atoms with Crippen molar-refractivity contribution in [3.8, 4) is 5.75 Å². The highest BCUT2D eigenvalue weighted by Crippen LogP contribution is 2.43. The van der Waals surface area contributed by atoms with Gasteiger partial charge in [0.1, 0.15) is 11.6 Å². The van der Waals surface area contributed by atoms with Crippen molar-refractivity contribution in [2.45, 2.75) is 44.8 Å². The predicted molar refractivity (Wildman–Crippen MR) is 84.8 cm³/mol. The fourth-order valence-corrected chi connectivity index (χ4v) is 3.86. The van der Waals surface area contributed by atoms with Gasteiger partial charge >= 0.3 is 0 Å². The summed E-state index contributed by atoms with van der Waals surface area (Å²) in [5.74, 6) is 1.81. The molecule has 114 valence electrons. The average Bonchev–Trinajstić information content (AvgIpc) is 2.81. The highest BCUT2D eigenvalue weighted by molar-refractivity contribution is 5.31. The average molecular weight is 295 g/mol. The number of hydrogen-bond acceptors (Lipinski definition) is 4. The lowest BCUT2D eigenvalue weighted by molar-refractivity contribution is 0.166. The van der Waals surface area contributed by atoms with E-state index in [1.165, 1.54) is 29.7 Å². The highest BCUT2D eigenvalue weighted by Gasteiger charge is 2.40. The lowest BCUT2D eigenvalue weighted by atomic mass is 9.98. The fourth-order valence-electron chi connectivity index (χ4n) is 3.86. The van der Waals surface area contributed by atoms with Crippen molar-refractivity contribution in [2.75, 3.05) is 7.11 Å². The molecule has 0 aliphatic carbocycles. The van der Waals surface area contributed by atoms with Crippen LogP contribution in [-0.2, 0) is 13.0 Å².